The highest BCUT2D eigenvalue weighted by Crippen LogP contribution is 2.26. The van der Waals surface area contributed by atoms with Gasteiger partial charge in [-0.1, -0.05) is 0 Å². The first-order valence-electron chi connectivity index (χ1n) is 5.60. The number of anilines is 1. The Morgan fingerprint density at radius 3 is 2.55 bits per heavy atom. The molecule has 0 unspecified atom stereocenters. The van der Waals surface area contributed by atoms with Crippen molar-refractivity contribution in [2.45, 2.75) is 0 Å². The highest BCUT2D eigenvalue weighted by atomic mass is 79.9. The lowest BCUT2D eigenvalue weighted by molar-refractivity contribution is 0.0858. The minimum absolute atomic E-state index is 0.220. The molecule has 5 nitrogen and oxygen atoms in total. The monoisotopic (exact) mass is 373 g/mol. The van der Waals surface area contributed by atoms with Crippen molar-refractivity contribution in [1.82, 2.24) is 10.4 Å². The van der Waals surface area contributed by atoms with Crippen LogP contribution in [0.1, 0.15) is 20.0 Å². The van der Waals surface area contributed by atoms with Gasteiger partial charge in [0.1, 0.15) is 5.00 Å². The molecule has 2 aromatic heterocycles. The summed E-state index contributed by atoms with van der Waals surface area (Å²) in [4.78, 5) is 24.6. The fourth-order valence-corrected chi connectivity index (χ4v) is 3.51. The summed E-state index contributed by atoms with van der Waals surface area (Å²) >= 11 is 5.97. The third-order valence-electron chi connectivity index (χ3n) is 2.26. The van der Waals surface area contributed by atoms with Gasteiger partial charge in [0.2, 0.25) is 0 Å². The summed E-state index contributed by atoms with van der Waals surface area (Å²) < 4.78 is 0.888. The van der Waals surface area contributed by atoms with Crippen LogP contribution >= 0.6 is 38.6 Å². The van der Waals surface area contributed by atoms with E-state index in [9.17, 15) is 9.59 Å². The average Bonchev–Trinajstić information content (AvgIpc) is 2.97. The predicted molar refractivity (Wildman–Crippen MR) is 85.4 cm³/mol. The molecule has 2 aromatic rings. The van der Waals surface area contributed by atoms with Crippen molar-refractivity contribution in [3.8, 4) is 0 Å². The Hall–Kier alpha value is -1.22. The number of nitrogens with one attached hydrogen (secondary N) is 2. The van der Waals surface area contributed by atoms with Gasteiger partial charge in [-0.3, -0.25) is 15.0 Å². The Balaban J connectivity index is 2.12. The molecule has 2 rings (SSSR count). The van der Waals surface area contributed by atoms with E-state index in [0.717, 1.165) is 3.79 Å². The Bertz CT molecular complexity index is 636. The van der Waals surface area contributed by atoms with E-state index in [4.69, 9.17) is 0 Å². The maximum absolute atomic E-state index is 12.1. The Labute approximate surface area is 132 Å². The molecule has 20 heavy (non-hydrogen) atoms. The third-order valence-corrected chi connectivity index (χ3v) is 4.71. The highest BCUT2D eigenvalue weighted by molar-refractivity contribution is 9.11. The molecule has 0 aliphatic rings. The van der Waals surface area contributed by atoms with E-state index < -0.39 is 0 Å². The molecule has 8 heteroatoms. The Morgan fingerprint density at radius 1 is 1.20 bits per heavy atom. The van der Waals surface area contributed by atoms with E-state index in [2.05, 4.69) is 26.7 Å². The van der Waals surface area contributed by atoms with Crippen molar-refractivity contribution < 1.29 is 9.59 Å². The van der Waals surface area contributed by atoms with Gasteiger partial charge in [0, 0.05) is 14.1 Å². The molecule has 0 aromatic carbocycles. The summed E-state index contributed by atoms with van der Waals surface area (Å²) in [5, 5.41) is 6.63. The van der Waals surface area contributed by atoms with Crippen LogP contribution in [0.2, 0.25) is 0 Å². The van der Waals surface area contributed by atoms with Crippen molar-refractivity contribution in [2.24, 2.45) is 0 Å². The Morgan fingerprint density at radius 2 is 1.95 bits per heavy atom. The zero-order valence-electron chi connectivity index (χ0n) is 10.8. The summed E-state index contributed by atoms with van der Waals surface area (Å²) in [6.45, 7) is 0. The van der Waals surface area contributed by atoms with Crippen molar-refractivity contribution >= 4 is 55.4 Å². The minimum Gasteiger partial charge on any atom is -0.312 e. The lowest BCUT2D eigenvalue weighted by Crippen LogP contribution is -2.36. The van der Waals surface area contributed by atoms with Gasteiger partial charge in [-0.05, 0) is 39.5 Å². The molecule has 0 saturated carbocycles. The standard InChI is InChI=1S/C12H12BrN3O2S2/c1-16(2)15-10(17)7-5-6-19-12(7)14-11(18)8-3-4-9(13)20-8/h3-6H,1-2H3,(H,14,18)(H,15,17). The van der Waals surface area contributed by atoms with Gasteiger partial charge in [0.05, 0.1) is 14.2 Å². The number of hydrogen-bond acceptors (Lipinski definition) is 5. The number of amides is 2. The lowest BCUT2D eigenvalue weighted by Gasteiger charge is -2.12. The summed E-state index contributed by atoms with van der Waals surface area (Å²) in [6, 6.07) is 5.23. The second kappa shape index (κ2) is 6.49. The number of nitrogens with zero attached hydrogens (tertiary/aromatic N) is 1. The quantitative estimate of drug-likeness (QED) is 0.809. The van der Waals surface area contributed by atoms with E-state index in [-0.39, 0.29) is 11.8 Å². The second-order valence-corrected chi connectivity index (χ2v) is 7.44. The minimum atomic E-state index is -0.251. The maximum Gasteiger partial charge on any atom is 0.268 e. The molecule has 0 bridgehead atoms. The normalized spacial score (nSPS) is 10.6. The van der Waals surface area contributed by atoms with Gasteiger partial charge < -0.3 is 5.32 Å². The van der Waals surface area contributed by atoms with Gasteiger partial charge in [-0.15, -0.1) is 22.7 Å². The fraction of sp³-hybridized carbons (Fsp3) is 0.167. The highest BCUT2D eigenvalue weighted by Gasteiger charge is 2.17. The molecular formula is C12H12BrN3O2S2. The molecule has 2 N–H and O–H groups in total. The van der Waals surface area contributed by atoms with Gasteiger partial charge in [-0.25, -0.2) is 5.01 Å². The largest absolute Gasteiger partial charge is 0.312 e. The van der Waals surface area contributed by atoms with E-state index in [1.165, 1.54) is 22.7 Å². The first-order chi connectivity index (χ1) is 9.47. The molecule has 0 saturated heterocycles. The van der Waals surface area contributed by atoms with E-state index in [0.29, 0.717) is 15.4 Å². The SMILES string of the molecule is CN(C)NC(=O)c1ccsc1NC(=O)c1ccc(Br)s1. The molecule has 0 radical (unpaired) electrons. The number of hydrazine groups is 1. The number of thiophene rings is 2. The van der Waals surface area contributed by atoms with Gasteiger partial charge >= 0.3 is 0 Å². The van der Waals surface area contributed by atoms with Crippen LogP contribution in [0.15, 0.2) is 27.4 Å². The van der Waals surface area contributed by atoms with Crippen molar-refractivity contribution in [3.05, 3.63) is 37.8 Å². The summed E-state index contributed by atoms with van der Waals surface area (Å²) in [6.07, 6.45) is 0. The van der Waals surface area contributed by atoms with Crippen LogP contribution in [0.25, 0.3) is 0 Å². The summed E-state index contributed by atoms with van der Waals surface area (Å²) in [5.74, 6) is -0.471. The summed E-state index contributed by atoms with van der Waals surface area (Å²) in [7, 11) is 3.46. The number of carbonyl (C=O) groups excluding carboxylic acids is 2. The molecule has 2 heterocycles. The van der Waals surface area contributed by atoms with Crippen molar-refractivity contribution in [3.63, 3.8) is 0 Å². The van der Waals surface area contributed by atoms with Crippen LogP contribution < -0.4 is 10.7 Å². The van der Waals surface area contributed by atoms with Crippen LogP contribution in [0, 0.1) is 0 Å². The number of hydrogen-bond donors (Lipinski definition) is 2. The van der Waals surface area contributed by atoms with E-state index in [1.807, 2.05) is 6.07 Å². The van der Waals surface area contributed by atoms with E-state index in [1.54, 1.807) is 36.6 Å². The third kappa shape index (κ3) is 3.66. The molecule has 0 spiro atoms. The Kier molecular flexibility index (Phi) is 4.92. The number of carbonyl (C=O) groups is 2. The van der Waals surface area contributed by atoms with Crippen LogP contribution in [0.3, 0.4) is 0 Å². The average molecular weight is 374 g/mol. The zero-order chi connectivity index (χ0) is 14.7. The molecular weight excluding hydrogens is 362 g/mol. The van der Waals surface area contributed by atoms with Crippen LogP contribution in [-0.4, -0.2) is 30.9 Å². The lowest BCUT2D eigenvalue weighted by atomic mass is 10.3. The zero-order valence-corrected chi connectivity index (χ0v) is 14.0. The molecule has 2 amide bonds. The fourth-order valence-electron chi connectivity index (χ4n) is 1.45. The van der Waals surface area contributed by atoms with Crippen LogP contribution in [-0.2, 0) is 0 Å². The van der Waals surface area contributed by atoms with Crippen molar-refractivity contribution in [2.75, 3.05) is 19.4 Å². The van der Waals surface area contributed by atoms with Crippen LogP contribution in [0.4, 0.5) is 5.00 Å². The molecule has 0 fully saturated rings. The predicted octanol–water partition coefficient (Wildman–Crippen LogP) is 3.03. The van der Waals surface area contributed by atoms with Gasteiger partial charge in [0.15, 0.2) is 0 Å². The smallest absolute Gasteiger partial charge is 0.268 e. The first-order valence-corrected chi connectivity index (χ1v) is 8.09. The summed E-state index contributed by atoms with van der Waals surface area (Å²) in [5.41, 5.74) is 3.10. The molecule has 0 aliphatic carbocycles. The molecule has 0 aliphatic heterocycles. The first kappa shape index (κ1) is 15.2. The topological polar surface area (TPSA) is 61.4 Å². The van der Waals surface area contributed by atoms with Gasteiger partial charge in [-0.2, -0.15) is 0 Å². The number of halogens is 1. The molecule has 106 valence electrons. The van der Waals surface area contributed by atoms with Gasteiger partial charge in [0.25, 0.3) is 11.8 Å². The van der Waals surface area contributed by atoms with Crippen molar-refractivity contribution in [1.29, 1.82) is 0 Å². The maximum atomic E-state index is 12.1. The van der Waals surface area contributed by atoms with Crippen LogP contribution in [0.5, 0.6) is 0 Å². The second-order valence-electron chi connectivity index (χ2n) is 4.06. The number of rotatable bonds is 4. The molecule has 0 atom stereocenters. The van der Waals surface area contributed by atoms with E-state index >= 15 is 0 Å².